The maximum atomic E-state index is 12.7. The molecular weight excluding hydrogens is 458 g/mol. The highest BCUT2D eigenvalue weighted by Crippen LogP contribution is 2.24. The first kappa shape index (κ1) is 27.1. The Kier molecular flexibility index (Phi) is 8.99. The van der Waals surface area contributed by atoms with Crippen molar-refractivity contribution in [3.05, 3.63) is 65.2 Å². The van der Waals surface area contributed by atoms with Crippen LogP contribution in [0.4, 0.5) is 9.59 Å². The predicted octanol–water partition coefficient (Wildman–Crippen LogP) is 7.64. The van der Waals surface area contributed by atoms with E-state index in [9.17, 15) is 9.59 Å². The van der Waals surface area contributed by atoms with Gasteiger partial charge in [-0.3, -0.25) is 4.84 Å². The summed E-state index contributed by atoms with van der Waals surface area (Å²) >= 11 is 5.92. The van der Waals surface area contributed by atoms with E-state index in [2.05, 4.69) is 0 Å². The van der Waals surface area contributed by atoms with Gasteiger partial charge in [0.2, 0.25) is 0 Å². The van der Waals surface area contributed by atoms with Crippen LogP contribution in [0.2, 0.25) is 5.02 Å². The molecule has 0 radical (unpaired) electrons. The van der Waals surface area contributed by atoms with Crippen LogP contribution in [-0.2, 0) is 14.3 Å². The van der Waals surface area contributed by atoms with Crippen molar-refractivity contribution < 1.29 is 28.6 Å². The first-order chi connectivity index (χ1) is 15.7. The molecule has 1 amide bonds. The monoisotopic (exact) mass is 489 g/mol. The van der Waals surface area contributed by atoms with Gasteiger partial charge in [-0.1, -0.05) is 35.9 Å². The number of ether oxygens (including phenoxy) is 3. The van der Waals surface area contributed by atoms with Gasteiger partial charge in [0, 0.05) is 5.02 Å². The zero-order valence-corrected chi connectivity index (χ0v) is 21.4. The molecule has 0 aromatic heterocycles. The van der Waals surface area contributed by atoms with E-state index in [0.29, 0.717) is 16.5 Å². The third-order valence-corrected chi connectivity index (χ3v) is 4.23. The summed E-state index contributed by atoms with van der Waals surface area (Å²) in [6, 6.07) is 13.8. The van der Waals surface area contributed by atoms with E-state index in [1.54, 1.807) is 84.9 Å². The van der Waals surface area contributed by atoms with Crippen LogP contribution in [0.1, 0.15) is 54.0 Å². The summed E-state index contributed by atoms with van der Waals surface area (Å²) < 4.78 is 16.4. The van der Waals surface area contributed by atoms with Crippen molar-refractivity contribution in [2.24, 2.45) is 0 Å². The quantitative estimate of drug-likeness (QED) is 0.317. The lowest BCUT2D eigenvalue weighted by molar-refractivity contribution is -0.145. The molecule has 1 atom stereocenters. The normalized spacial score (nSPS) is 12.7. The fourth-order valence-electron chi connectivity index (χ4n) is 2.59. The van der Waals surface area contributed by atoms with Crippen molar-refractivity contribution in [1.82, 2.24) is 5.06 Å². The minimum atomic E-state index is -1.00. The number of carbonyl (C=O) groups excluding carboxylic acids is 2. The number of nitrogens with zero attached hydrogens (tertiary/aromatic N) is 1. The molecule has 2 aromatic rings. The Morgan fingerprint density at radius 3 is 2.12 bits per heavy atom. The highest BCUT2D eigenvalue weighted by molar-refractivity contribution is 6.30. The lowest BCUT2D eigenvalue weighted by atomic mass is 10.1. The lowest BCUT2D eigenvalue weighted by Crippen LogP contribution is -2.43. The second kappa shape index (κ2) is 11.3. The van der Waals surface area contributed by atoms with Crippen molar-refractivity contribution in [2.45, 2.75) is 65.7 Å². The van der Waals surface area contributed by atoms with E-state index < -0.39 is 29.5 Å². The maximum absolute atomic E-state index is 12.7. The first-order valence-corrected chi connectivity index (χ1v) is 11.2. The minimum absolute atomic E-state index is 0.626. The summed E-state index contributed by atoms with van der Waals surface area (Å²) in [4.78, 5) is 30.1. The van der Waals surface area contributed by atoms with Gasteiger partial charge in [0.15, 0.2) is 0 Å². The van der Waals surface area contributed by atoms with Crippen molar-refractivity contribution in [3.63, 3.8) is 0 Å². The van der Waals surface area contributed by atoms with Crippen LogP contribution in [0.5, 0.6) is 11.5 Å². The second-order valence-electron chi connectivity index (χ2n) is 9.59. The van der Waals surface area contributed by atoms with Crippen LogP contribution in [-0.4, -0.2) is 34.6 Å². The first-order valence-electron chi connectivity index (χ1n) is 10.9. The number of carbonyl (C=O) groups is 2. The number of hydrogen-bond acceptors (Lipinski definition) is 6. The van der Waals surface area contributed by atoms with Gasteiger partial charge in [-0.05, 0) is 90.4 Å². The molecule has 2 rings (SSSR count). The Balaban J connectivity index is 2.16. The van der Waals surface area contributed by atoms with Crippen molar-refractivity contribution in [3.8, 4) is 11.5 Å². The van der Waals surface area contributed by atoms with Gasteiger partial charge >= 0.3 is 12.2 Å². The van der Waals surface area contributed by atoms with E-state index >= 15 is 0 Å². The largest absolute Gasteiger partial charge is 0.534 e. The Morgan fingerprint density at radius 1 is 0.912 bits per heavy atom. The van der Waals surface area contributed by atoms with Crippen LogP contribution in [0.25, 0.3) is 6.08 Å². The molecular formula is C26H32ClNO6. The topological polar surface area (TPSA) is 74.3 Å². The van der Waals surface area contributed by atoms with E-state index in [4.69, 9.17) is 30.6 Å². The Labute approximate surface area is 206 Å². The molecule has 7 nitrogen and oxygen atoms in total. The van der Waals surface area contributed by atoms with Crippen molar-refractivity contribution >= 4 is 29.9 Å². The SMILES string of the molecule is C[C@@H](C=Cc1cccc(Oc2ccc(Cl)cc2)c1)N(OC(=O)OC(C)(C)C)C(=O)OC(C)(C)C. The lowest BCUT2D eigenvalue weighted by Gasteiger charge is -2.29. The highest BCUT2D eigenvalue weighted by atomic mass is 35.5. The van der Waals surface area contributed by atoms with Gasteiger partial charge < -0.3 is 14.2 Å². The van der Waals surface area contributed by atoms with Crippen LogP contribution in [0.3, 0.4) is 0 Å². The van der Waals surface area contributed by atoms with Crippen LogP contribution in [0, 0.1) is 0 Å². The molecule has 0 unspecified atom stereocenters. The number of hydrogen-bond donors (Lipinski definition) is 0. The smallest absolute Gasteiger partial charge is 0.457 e. The third kappa shape index (κ3) is 9.75. The molecule has 0 aliphatic heterocycles. The standard InChI is InChI=1S/C26H32ClNO6/c1-18(28(23(29)32-25(2,3)4)34-24(30)33-26(5,6)7)11-12-19-9-8-10-22(17-19)31-21-15-13-20(27)14-16-21/h8-18H,1-7H3/t18-/m0/s1. The van der Waals surface area contributed by atoms with E-state index in [1.165, 1.54) is 0 Å². The Bertz CT molecular complexity index is 1010. The van der Waals surface area contributed by atoms with Gasteiger partial charge in [-0.25, -0.2) is 9.59 Å². The van der Waals surface area contributed by atoms with Gasteiger partial charge in [0.1, 0.15) is 22.7 Å². The van der Waals surface area contributed by atoms with Gasteiger partial charge in [0.05, 0.1) is 6.04 Å². The van der Waals surface area contributed by atoms with Gasteiger partial charge in [-0.15, -0.1) is 5.06 Å². The van der Waals surface area contributed by atoms with E-state index in [0.717, 1.165) is 10.6 Å². The molecule has 0 spiro atoms. The molecule has 0 heterocycles. The molecule has 184 valence electrons. The molecule has 0 saturated heterocycles. The highest BCUT2D eigenvalue weighted by Gasteiger charge is 2.30. The summed E-state index contributed by atoms with van der Waals surface area (Å²) in [5.74, 6) is 1.28. The van der Waals surface area contributed by atoms with Crippen LogP contribution < -0.4 is 4.74 Å². The number of benzene rings is 2. The summed E-state index contributed by atoms with van der Waals surface area (Å²) in [5, 5.41) is 1.48. The van der Waals surface area contributed by atoms with Crippen LogP contribution >= 0.6 is 11.6 Å². The van der Waals surface area contributed by atoms with Crippen molar-refractivity contribution in [2.75, 3.05) is 0 Å². The Hall–Kier alpha value is -3.19. The summed E-state index contributed by atoms with van der Waals surface area (Å²) in [7, 11) is 0. The van der Waals surface area contributed by atoms with E-state index in [-0.39, 0.29) is 0 Å². The maximum Gasteiger partial charge on any atom is 0.534 e. The summed E-state index contributed by atoms with van der Waals surface area (Å²) in [6.45, 7) is 12.0. The fourth-order valence-corrected chi connectivity index (χ4v) is 2.72. The molecule has 8 heteroatoms. The molecule has 0 fully saturated rings. The minimum Gasteiger partial charge on any atom is -0.457 e. The molecule has 0 aliphatic rings. The molecule has 0 saturated carbocycles. The molecule has 0 aliphatic carbocycles. The third-order valence-electron chi connectivity index (χ3n) is 3.98. The van der Waals surface area contributed by atoms with E-state index in [1.807, 2.05) is 24.3 Å². The summed E-state index contributed by atoms with van der Waals surface area (Å²) in [6.07, 6.45) is 1.68. The van der Waals surface area contributed by atoms with Crippen molar-refractivity contribution in [1.29, 1.82) is 0 Å². The molecule has 0 bridgehead atoms. The zero-order valence-electron chi connectivity index (χ0n) is 20.6. The Morgan fingerprint density at radius 2 is 1.53 bits per heavy atom. The summed E-state index contributed by atoms with van der Waals surface area (Å²) in [5.41, 5.74) is -0.733. The molecule has 34 heavy (non-hydrogen) atoms. The van der Waals surface area contributed by atoms with Gasteiger partial charge in [0.25, 0.3) is 0 Å². The number of amides is 1. The number of halogens is 1. The zero-order chi connectivity index (χ0) is 25.5. The second-order valence-corrected chi connectivity index (χ2v) is 10.0. The molecule has 0 N–H and O–H groups in total. The predicted molar refractivity (Wildman–Crippen MR) is 132 cm³/mol. The fraction of sp³-hybridized carbons (Fsp3) is 0.385. The molecule has 2 aromatic carbocycles. The average Bonchev–Trinajstić information content (AvgIpc) is 2.69. The van der Waals surface area contributed by atoms with Gasteiger partial charge in [-0.2, -0.15) is 0 Å². The van der Waals surface area contributed by atoms with Crippen LogP contribution in [0.15, 0.2) is 54.6 Å². The number of rotatable bonds is 5. The average molecular weight is 490 g/mol. The number of hydroxylamine groups is 2.